The van der Waals surface area contributed by atoms with Crippen LogP contribution in [0.5, 0.6) is 0 Å². The first-order valence-electron chi connectivity index (χ1n) is 6.57. The Morgan fingerprint density at radius 2 is 2.05 bits per heavy atom. The van der Waals surface area contributed by atoms with Gasteiger partial charge in [0, 0.05) is 6.04 Å². The fourth-order valence-electron chi connectivity index (χ4n) is 2.22. The Kier molecular flexibility index (Phi) is 4.37. The fraction of sp³-hybridized carbons (Fsp3) is 0.500. The summed E-state index contributed by atoms with van der Waals surface area (Å²) >= 11 is 0. The van der Waals surface area contributed by atoms with Crippen molar-refractivity contribution < 1.29 is 9.18 Å². The van der Waals surface area contributed by atoms with Crippen LogP contribution in [0.1, 0.15) is 18.4 Å². The van der Waals surface area contributed by atoms with E-state index >= 15 is 0 Å². The van der Waals surface area contributed by atoms with Crippen LogP contribution in [0.3, 0.4) is 0 Å². The molecular weight excluding hydrogens is 245 g/mol. The molecule has 0 saturated carbocycles. The summed E-state index contributed by atoms with van der Waals surface area (Å²) in [5.41, 5.74) is 1.05. The van der Waals surface area contributed by atoms with E-state index in [4.69, 9.17) is 0 Å². The summed E-state index contributed by atoms with van der Waals surface area (Å²) in [6.45, 7) is 3.76. The maximum absolute atomic E-state index is 13.6. The molecule has 2 amide bonds. The number of urea groups is 1. The molecule has 19 heavy (non-hydrogen) atoms. The van der Waals surface area contributed by atoms with Crippen LogP contribution in [0.25, 0.3) is 0 Å². The van der Waals surface area contributed by atoms with E-state index in [9.17, 15) is 9.18 Å². The van der Waals surface area contributed by atoms with Gasteiger partial charge in [-0.05, 0) is 57.6 Å². The van der Waals surface area contributed by atoms with Gasteiger partial charge in [0.25, 0.3) is 0 Å². The molecule has 1 aliphatic rings. The quantitative estimate of drug-likeness (QED) is 0.862. The molecule has 2 rings (SSSR count). The number of carbonyl (C=O) groups excluding carboxylic acids is 1. The highest BCUT2D eigenvalue weighted by Gasteiger charge is 2.18. The summed E-state index contributed by atoms with van der Waals surface area (Å²) in [6, 6.07) is 4.60. The van der Waals surface area contributed by atoms with Crippen molar-refractivity contribution in [1.29, 1.82) is 0 Å². The Bertz CT molecular complexity index is 456. The van der Waals surface area contributed by atoms with Crippen molar-refractivity contribution in [2.24, 2.45) is 0 Å². The minimum Gasteiger partial charge on any atom is -0.335 e. The van der Waals surface area contributed by atoms with Crippen LogP contribution in [0, 0.1) is 12.7 Å². The number of likely N-dealkylation sites (tertiary alicyclic amines) is 1. The lowest BCUT2D eigenvalue weighted by Crippen LogP contribution is -2.44. The Balaban J connectivity index is 1.87. The summed E-state index contributed by atoms with van der Waals surface area (Å²) in [5.74, 6) is -0.404. The van der Waals surface area contributed by atoms with E-state index in [2.05, 4.69) is 22.6 Å². The lowest BCUT2D eigenvalue weighted by Gasteiger charge is -2.29. The van der Waals surface area contributed by atoms with E-state index in [-0.39, 0.29) is 17.8 Å². The van der Waals surface area contributed by atoms with Crippen molar-refractivity contribution >= 4 is 11.7 Å². The van der Waals surface area contributed by atoms with Crippen molar-refractivity contribution in [3.05, 3.63) is 29.6 Å². The van der Waals surface area contributed by atoms with Gasteiger partial charge in [-0.3, -0.25) is 0 Å². The normalized spacial score (nSPS) is 17.2. The second-order valence-electron chi connectivity index (χ2n) is 5.16. The molecule has 0 bridgehead atoms. The van der Waals surface area contributed by atoms with E-state index in [0.717, 1.165) is 31.5 Å². The molecule has 0 unspecified atom stereocenters. The molecule has 0 aliphatic carbocycles. The highest BCUT2D eigenvalue weighted by Crippen LogP contribution is 2.15. The first-order chi connectivity index (χ1) is 9.04. The first kappa shape index (κ1) is 13.8. The molecule has 5 heteroatoms. The Labute approximate surface area is 113 Å². The number of nitrogens with zero attached hydrogens (tertiary/aromatic N) is 1. The predicted octanol–water partition coefficient (Wildman–Crippen LogP) is 2.35. The standard InChI is InChI=1S/C14H20FN3O/c1-10-3-4-13(12(15)9-10)17-14(19)16-11-5-7-18(2)8-6-11/h3-4,9,11H,5-8H2,1-2H3,(H2,16,17,19). The van der Waals surface area contributed by atoms with Crippen LogP contribution >= 0.6 is 0 Å². The second kappa shape index (κ2) is 6.02. The molecule has 1 saturated heterocycles. The molecule has 0 aromatic heterocycles. The largest absolute Gasteiger partial charge is 0.335 e. The molecule has 1 heterocycles. The monoisotopic (exact) mass is 265 g/mol. The van der Waals surface area contributed by atoms with Gasteiger partial charge in [0.15, 0.2) is 0 Å². The van der Waals surface area contributed by atoms with Crippen molar-refractivity contribution in [2.45, 2.75) is 25.8 Å². The van der Waals surface area contributed by atoms with Gasteiger partial charge in [-0.1, -0.05) is 6.07 Å². The molecule has 4 nitrogen and oxygen atoms in total. The van der Waals surface area contributed by atoms with Gasteiger partial charge in [-0.25, -0.2) is 9.18 Å². The van der Waals surface area contributed by atoms with Crippen LogP contribution in [-0.2, 0) is 0 Å². The SMILES string of the molecule is Cc1ccc(NC(=O)NC2CCN(C)CC2)c(F)c1. The molecule has 104 valence electrons. The number of aryl methyl sites for hydroxylation is 1. The number of carbonyl (C=O) groups is 1. The maximum Gasteiger partial charge on any atom is 0.319 e. The highest BCUT2D eigenvalue weighted by atomic mass is 19.1. The smallest absolute Gasteiger partial charge is 0.319 e. The number of anilines is 1. The summed E-state index contributed by atoms with van der Waals surface area (Å²) in [6.07, 6.45) is 1.86. The Morgan fingerprint density at radius 1 is 1.37 bits per heavy atom. The average molecular weight is 265 g/mol. The van der Waals surface area contributed by atoms with Crippen molar-refractivity contribution in [3.8, 4) is 0 Å². The molecule has 0 atom stereocenters. The fourth-order valence-corrected chi connectivity index (χ4v) is 2.22. The van der Waals surface area contributed by atoms with Crippen LogP contribution in [0.15, 0.2) is 18.2 Å². The number of hydrogen-bond acceptors (Lipinski definition) is 2. The number of halogens is 1. The molecular formula is C14H20FN3O. The Hall–Kier alpha value is -1.62. The zero-order chi connectivity index (χ0) is 13.8. The van der Waals surface area contributed by atoms with Gasteiger partial charge in [0.2, 0.25) is 0 Å². The zero-order valence-corrected chi connectivity index (χ0v) is 11.4. The second-order valence-corrected chi connectivity index (χ2v) is 5.16. The third-order valence-electron chi connectivity index (χ3n) is 3.43. The molecule has 0 radical (unpaired) electrons. The van der Waals surface area contributed by atoms with Gasteiger partial charge >= 0.3 is 6.03 Å². The van der Waals surface area contributed by atoms with E-state index < -0.39 is 5.82 Å². The average Bonchev–Trinajstić information content (AvgIpc) is 2.36. The lowest BCUT2D eigenvalue weighted by molar-refractivity contribution is 0.221. The molecule has 1 aromatic carbocycles. The van der Waals surface area contributed by atoms with Crippen molar-refractivity contribution in [2.75, 3.05) is 25.5 Å². The molecule has 0 spiro atoms. The first-order valence-corrected chi connectivity index (χ1v) is 6.57. The molecule has 1 fully saturated rings. The van der Waals surface area contributed by atoms with Gasteiger partial charge in [-0.2, -0.15) is 0 Å². The number of piperidine rings is 1. The van der Waals surface area contributed by atoms with Gasteiger partial charge in [-0.15, -0.1) is 0 Å². The van der Waals surface area contributed by atoms with E-state index in [1.807, 2.05) is 6.92 Å². The van der Waals surface area contributed by atoms with Crippen LogP contribution in [-0.4, -0.2) is 37.1 Å². The Morgan fingerprint density at radius 3 is 2.68 bits per heavy atom. The van der Waals surface area contributed by atoms with Gasteiger partial charge in [0.05, 0.1) is 5.69 Å². The topological polar surface area (TPSA) is 44.4 Å². The molecule has 2 N–H and O–H groups in total. The zero-order valence-electron chi connectivity index (χ0n) is 11.4. The molecule has 1 aliphatic heterocycles. The number of amides is 2. The lowest BCUT2D eigenvalue weighted by atomic mass is 10.1. The van der Waals surface area contributed by atoms with E-state index in [1.165, 1.54) is 6.07 Å². The van der Waals surface area contributed by atoms with E-state index in [0.29, 0.717) is 0 Å². The minimum atomic E-state index is -0.404. The van der Waals surface area contributed by atoms with Crippen LogP contribution in [0.2, 0.25) is 0 Å². The number of rotatable bonds is 2. The molecule has 1 aromatic rings. The summed E-state index contributed by atoms with van der Waals surface area (Å²) in [7, 11) is 2.07. The van der Waals surface area contributed by atoms with Crippen LogP contribution in [0.4, 0.5) is 14.9 Å². The van der Waals surface area contributed by atoms with E-state index in [1.54, 1.807) is 12.1 Å². The predicted molar refractivity (Wildman–Crippen MR) is 73.8 cm³/mol. The third-order valence-corrected chi connectivity index (χ3v) is 3.43. The number of benzene rings is 1. The summed E-state index contributed by atoms with van der Waals surface area (Å²) in [4.78, 5) is 14.0. The van der Waals surface area contributed by atoms with Gasteiger partial charge in [0.1, 0.15) is 5.82 Å². The number of nitrogens with one attached hydrogen (secondary N) is 2. The van der Waals surface area contributed by atoms with Crippen molar-refractivity contribution in [3.63, 3.8) is 0 Å². The number of hydrogen-bond donors (Lipinski definition) is 2. The summed E-state index contributed by atoms with van der Waals surface area (Å²) < 4.78 is 13.6. The maximum atomic E-state index is 13.6. The van der Waals surface area contributed by atoms with Gasteiger partial charge < -0.3 is 15.5 Å². The van der Waals surface area contributed by atoms with Crippen molar-refractivity contribution in [1.82, 2.24) is 10.2 Å². The van der Waals surface area contributed by atoms with Crippen LogP contribution < -0.4 is 10.6 Å². The summed E-state index contributed by atoms with van der Waals surface area (Å²) in [5, 5.41) is 5.44. The minimum absolute atomic E-state index is 0.171. The highest BCUT2D eigenvalue weighted by molar-refractivity contribution is 5.89. The third kappa shape index (κ3) is 3.92.